The van der Waals surface area contributed by atoms with Crippen molar-refractivity contribution in [1.82, 2.24) is 9.88 Å². The Hall–Kier alpha value is -2.81. The Morgan fingerprint density at radius 3 is 2.63 bits per heavy atom. The van der Waals surface area contributed by atoms with Crippen LogP contribution >= 0.6 is 0 Å². The smallest absolute Gasteiger partial charge is 0.179 e. The van der Waals surface area contributed by atoms with Crippen molar-refractivity contribution in [2.24, 2.45) is 5.92 Å². The van der Waals surface area contributed by atoms with Gasteiger partial charge in [-0.05, 0) is 43.6 Å². The van der Waals surface area contributed by atoms with Crippen LogP contribution in [0.1, 0.15) is 35.4 Å². The zero-order valence-electron chi connectivity index (χ0n) is 17.0. The van der Waals surface area contributed by atoms with E-state index in [1.807, 2.05) is 30.3 Å². The molecule has 1 aromatic carbocycles. The summed E-state index contributed by atoms with van der Waals surface area (Å²) in [4.78, 5) is 7.17. The second kappa shape index (κ2) is 8.14. The molecule has 5 nitrogen and oxygen atoms in total. The molecule has 1 N–H and O–H groups in total. The van der Waals surface area contributed by atoms with Crippen molar-refractivity contribution in [2.45, 2.75) is 24.9 Å². The highest BCUT2D eigenvalue weighted by atomic mass is 16.6. The summed E-state index contributed by atoms with van der Waals surface area (Å²) in [7, 11) is 0. The number of pyridine rings is 1. The number of aliphatic hydroxyl groups is 1. The lowest BCUT2D eigenvalue weighted by atomic mass is 9.75. The highest BCUT2D eigenvalue weighted by Crippen LogP contribution is 2.35. The number of hydrogen-bond acceptors (Lipinski definition) is 5. The third kappa shape index (κ3) is 3.94. The van der Waals surface area contributed by atoms with Gasteiger partial charge < -0.3 is 14.6 Å². The molecule has 3 saturated heterocycles. The molecule has 2 bridgehead atoms. The summed E-state index contributed by atoms with van der Waals surface area (Å²) in [5.74, 6) is 7.41. The minimum absolute atomic E-state index is 0.262. The van der Waals surface area contributed by atoms with E-state index in [0.717, 1.165) is 42.9 Å². The average molecular weight is 402 g/mol. The number of rotatable bonds is 3. The lowest BCUT2D eigenvalue weighted by Crippen LogP contribution is -2.58. The predicted molar refractivity (Wildman–Crippen MR) is 114 cm³/mol. The van der Waals surface area contributed by atoms with Crippen LogP contribution in [0.2, 0.25) is 0 Å². The van der Waals surface area contributed by atoms with Gasteiger partial charge in [0, 0.05) is 24.4 Å². The summed E-state index contributed by atoms with van der Waals surface area (Å²) in [6, 6.07) is 14.1. The zero-order valence-corrected chi connectivity index (χ0v) is 17.0. The van der Waals surface area contributed by atoms with Crippen LogP contribution in [0, 0.1) is 17.8 Å². The predicted octanol–water partition coefficient (Wildman–Crippen LogP) is 2.83. The summed E-state index contributed by atoms with van der Waals surface area (Å²) < 4.78 is 11.1. The van der Waals surface area contributed by atoms with Gasteiger partial charge in [0.1, 0.15) is 30.8 Å². The lowest BCUT2D eigenvalue weighted by molar-refractivity contribution is -0.0713. The maximum atomic E-state index is 11.2. The third-order valence-electron chi connectivity index (χ3n) is 6.23. The molecule has 5 heterocycles. The molecular weight excluding hydrogens is 376 g/mol. The lowest BCUT2D eigenvalue weighted by Gasteiger charge is -2.47. The van der Waals surface area contributed by atoms with E-state index in [4.69, 9.17) is 14.5 Å². The van der Waals surface area contributed by atoms with E-state index in [9.17, 15) is 5.11 Å². The van der Waals surface area contributed by atoms with E-state index < -0.39 is 5.60 Å². The monoisotopic (exact) mass is 402 g/mol. The molecule has 0 amide bonds. The maximum Gasteiger partial charge on any atom is 0.179 e. The topological polar surface area (TPSA) is 54.8 Å². The highest BCUT2D eigenvalue weighted by molar-refractivity contribution is 5.57. The normalized spacial score (nSPS) is 27.3. The van der Waals surface area contributed by atoms with Crippen LogP contribution in [0.4, 0.5) is 0 Å². The Bertz CT molecular complexity index is 1000. The van der Waals surface area contributed by atoms with Gasteiger partial charge in [0.25, 0.3) is 0 Å². The minimum atomic E-state index is -0.929. The summed E-state index contributed by atoms with van der Waals surface area (Å²) in [5.41, 5.74) is 2.72. The fourth-order valence-corrected chi connectivity index (χ4v) is 4.53. The van der Waals surface area contributed by atoms with E-state index >= 15 is 0 Å². The first kappa shape index (κ1) is 19.2. The van der Waals surface area contributed by atoms with E-state index in [-0.39, 0.29) is 5.92 Å². The minimum Gasteiger partial charge on any atom is -0.494 e. The van der Waals surface area contributed by atoms with Crippen molar-refractivity contribution in [2.75, 3.05) is 32.8 Å². The fourth-order valence-electron chi connectivity index (χ4n) is 4.53. The molecule has 0 saturated carbocycles. The van der Waals surface area contributed by atoms with E-state index in [1.165, 1.54) is 5.56 Å². The third-order valence-corrected chi connectivity index (χ3v) is 6.23. The van der Waals surface area contributed by atoms with E-state index in [1.54, 1.807) is 6.26 Å². The number of benzene rings is 1. The van der Waals surface area contributed by atoms with Crippen LogP contribution in [0.15, 0.2) is 48.7 Å². The molecule has 5 heteroatoms. The van der Waals surface area contributed by atoms with Gasteiger partial charge in [0.2, 0.25) is 0 Å². The van der Waals surface area contributed by atoms with Gasteiger partial charge in [-0.25, -0.2) is 4.98 Å². The molecule has 30 heavy (non-hydrogen) atoms. The van der Waals surface area contributed by atoms with Gasteiger partial charge in [0.15, 0.2) is 5.76 Å². The van der Waals surface area contributed by atoms with Crippen LogP contribution in [-0.2, 0) is 15.9 Å². The van der Waals surface area contributed by atoms with Gasteiger partial charge in [-0.3, -0.25) is 4.90 Å². The summed E-state index contributed by atoms with van der Waals surface area (Å²) in [6.45, 7) is 3.86. The molecule has 0 aliphatic carbocycles. The fraction of sp³-hybridized carbons (Fsp3) is 0.400. The van der Waals surface area contributed by atoms with Crippen LogP contribution in [0.5, 0.6) is 0 Å². The van der Waals surface area contributed by atoms with Crippen molar-refractivity contribution in [1.29, 1.82) is 0 Å². The van der Waals surface area contributed by atoms with Crippen molar-refractivity contribution in [3.05, 3.63) is 71.2 Å². The SMILES string of the molecule is OC1(C#Cc2ccc(C3=COCCO3)nc2Cc2ccccc2)CN2CCC1CC2. The molecule has 0 radical (unpaired) electrons. The molecule has 4 aliphatic rings. The van der Waals surface area contributed by atoms with Crippen molar-refractivity contribution in [3.63, 3.8) is 0 Å². The first-order valence-corrected chi connectivity index (χ1v) is 10.7. The van der Waals surface area contributed by atoms with Gasteiger partial charge >= 0.3 is 0 Å². The Morgan fingerprint density at radius 2 is 1.93 bits per heavy atom. The van der Waals surface area contributed by atoms with Gasteiger partial charge in [0.05, 0.1) is 5.69 Å². The van der Waals surface area contributed by atoms with Crippen molar-refractivity contribution < 1.29 is 14.6 Å². The molecule has 1 atom stereocenters. The second-order valence-corrected chi connectivity index (χ2v) is 8.28. The number of aromatic nitrogens is 1. The molecule has 2 aromatic rings. The average Bonchev–Trinajstić information content (AvgIpc) is 2.80. The van der Waals surface area contributed by atoms with E-state index in [0.29, 0.717) is 31.9 Å². The number of hydrogen-bond donors (Lipinski definition) is 1. The maximum absolute atomic E-state index is 11.2. The molecule has 154 valence electrons. The molecule has 4 aliphatic heterocycles. The first-order valence-electron chi connectivity index (χ1n) is 10.7. The summed E-state index contributed by atoms with van der Waals surface area (Å²) in [5, 5.41) is 11.2. The Balaban J connectivity index is 1.49. The molecule has 6 rings (SSSR count). The van der Waals surface area contributed by atoms with E-state index in [2.05, 4.69) is 28.9 Å². The summed E-state index contributed by atoms with van der Waals surface area (Å²) in [6.07, 6.45) is 4.33. The van der Waals surface area contributed by atoms with Crippen molar-refractivity contribution >= 4 is 5.76 Å². The molecular formula is C25H26N2O3. The highest BCUT2D eigenvalue weighted by Gasteiger charge is 2.44. The molecule has 1 aromatic heterocycles. The Labute approximate surface area is 177 Å². The first-order chi connectivity index (χ1) is 14.7. The van der Waals surface area contributed by atoms with Gasteiger partial charge in [-0.15, -0.1) is 0 Å². The largest absolute Gasteiger partial charge is 0.494 e. The molecule has 0 spiro atoms. The van der Waals surface area contributed by atoms with Crippen LogP contribution in [0.3, 0.4) is 0 Å². The van der Waals surface area contributed by atoms with Gasteiger partial charge in [-0.1, -0.05) is 42.2 Å². The van der Waals surface area contributed by atoms with Crippen molar-refractivity contribution in [3.8, 4) is 11.8 Å². The van der Waals surface area contributed by atoms with Crippen LogP contribution < -0.4 is 0 Å². The van der Waals surface area contributed by atoms with Crippen LogP contribution in [0.25, 0.3) is 5.76 Å². The number of fused-ring (bicyclic) bond motifs is 3. The number of piperidine rings is 3. The standard InChI is InChI=1S/C25H26N2O3/c28-25(18-27-12-9-21(25)10-13-27)11-8-20-6-7-22(24-17-29-14-15-30-24)26-23(20)16-19-4-2-1-3-5-19/h1-7,17,21,28H,9-10,12-16,18H2. The quantitative estimate of drug-likeness (QED) is 0.801. The van der Waals surface area contributed by atoms with Gasteiger partial charge in [-0.2, -0.15) is 0 Å². The molecule has 3 fully saturated rings. The Morgan fingerprint density at radius 1 is 1.10 bits per heavy atom. The Kier molecular flexibility index (Phi) is 5.20. The zero-order chi connectivity index (χ0) is 20.4. The van der Waals surface area contributed by atoms with Crippen LogP contribution in [-0.4, -0.2) is 53.4 Å². The number of nitrogens with zero attached hydrogens (tertiary/aromatic N) is 2. The number of ether oxygens (including phenoxy) is 2. The molecule has 1 unspecified atom stereocenters. The summed E-state index contributed by atoms with van der Waals surface area (Å²) >= 11 is 0. The second-order valence-electron chi connectivity index (χ2n) is 8.28.